The van der Waals surface area contributed by atoms with Gasteiger partial charge in [0.15, 0.2) is 0 Å². The Morgan fingerprint density at radius 1 is 1.33 bits per heavy atom. The highest BCUT2D eigenvalue weighted by Crippen LogP contribution is 2.41. The Morgan fingerprint density at radius 3 is 2.53 bits per heavy atom. The summed E-state index contributed by atoms with van der Waals surface area (Å²) in [6.45, 7) is 2.90. The normalized spacial score (nSPS) is 19.4. The van der Waals surface area contributed by atoms with Crippen LogP contribution in [0.1, 0.15) is 36.8 Å². The van der Waals surface area contributed by atoms with Crippen molar-refractivity contribution in [2.24, 2.45) is 5.73 Å². The Labute approximate surface area is 96.6 Å². The largest absolute Gasteiger partial charge is 0.330 e. The molecule has 1 fully saturated rings. The summed E-state index contributed by atoms with van der Waals surface area (Å²) in [5.74, 6) is 0. The molecule has 0 aliphatic heterocycles. The average Bonchev–Trinajstić information content (AvgIpc) is 2.67. The molecule has 0 amide bonds. The number of rotatable bonds is 2. The van der Waals surface area contributed by atoms with Gasteiger partial charge in [-0.25, -0.2) is 0 Å². The zero-order chi connectivity index (χ0) is 10.9. The van der Waals surface area contributed by atoms with E-state index < -0.39 is 0 Å². The molecular weight excluding hydrogens is 206 g/mol. The minimum absolute atomic E-state index is 0.231. The first-order chi connectivity index (χ1) is 7.18. The van der Waals surface area contributed by atoms with Crippen LogP contribution >= 0.6 is 11.6 Å². The van der Waals surface area contributed by atoms with Gasteiger partial charge in [0.05, 0.1) is 0 Å². The topological polar surface area (TPSA) is 26.0 Å². The Hall–Kier alpha value is -0.530. The molecule has 2 rings (SSSR count). The van der Waals surface area contributed by atoms with E-state index in [1.807, 2.05) is 12.1 Å². The third kappa shape index (κ3) is 1.91. The van der Waals surface area contributed by atoms with E-state index in [0.29, 0.717) is 0 Å². The van der Waals surface area contributed by atoms with Crippen LogP contribution in [0.4, 0.5) is 0 Å². The predicted molar refractivity (Wildman–Crippen MR) is 65.4 cm³/mol. The second kappa shape index (κ2) is 4.15. The molecule has 1 aromatic carbocycles. The summed E-state index contributed by atoms with van der Waals surface area (Å²) < 4.78 is 0. The Balaban J connectivity index is 2.42. The second-order valence-corrected chi connectivity index (χ2v) is 5.09. The van der Waals surface area contributed by atoms with Gasteiger partial charge in [-0.2, -0.15) is 0 Å². The van der Waals surface area contributed by atoms with Crippen molar-refractivity contribution in [3.8, 4) is 0 Å². The highest BCUT2D eigenvalue weighted by atomic mass is 35.5. The van der Waals surface area contributed by atoms with E-state index in [-0.39, 0.29) is 5.41 Å². The van der Waals surface area contributed by atoms with Gasteiger partial charge in [-0.1, -0.05) is 30.5 Å². The van der Waals surface area contributed by atoms with Crippen molar-refractivity contribution < 1.29 is 0 Å². The average molecular weight is 224 g/mol. The van der Waals surface area contributed by atoms with Crippen molar-refractivity contribution in [2.75, 3.05) is 6.54 Å². The fourth-order valence-corrected chi connectivity index (χ4v) is 3.08. The maximum atomic E-state index is 5.98. The molecule has 0 spiro atoms. The van der Waals surface area contributed by atoms with Gasteiger partial charge >= 0.3 is 0 Å². The van der Waals surface area contributed by atoms with E-state index in [4.69, 9.17) is 17.3 Å². The molecule has 0 radical (unpaired) electrons. The molecule has 1 aliphatic carbocycles. The smallest absolute Gasteiger partial charge is 0.0408 e. The molecule has 1 aliphatic rings. The molecule has 1 saturated carbocycles. The summed E-state index contributed by atoms with van der Waals surface area (Å²) in [7, 11) is 0. The van der Waals surface area contributed by atoms with E-state index in [0.717, 1.165) is 11.6 Å². The minimum atomic E-state index is 0.231. The van der Waals surface area contributed by atoms with Crippen LogP contribution in [0.15, 0.2) is 18.2 Å². The summed E-state index contributed by atoms with van der Waals surface area (Å²) in [6.07, 6.45) is 5.07. The van der Waals surface area contributed by atoms with Gasteiger partial charge in [0.1, 0.15) is 0 Å². The zero-order valence-electron chi connectivity index (χ0n) is 9.22. The molecule has 0 bridgehead atoms. The number of hydrogen-bond acceptors (Lipinski definition) is 1. The summed E-state index contributed by atoms with van der Waals surface area (Å²) >= 11 is 5.98. The fourth-order valence-electron chi connectivity index (χ4n) is 2.86. The predicted octanol–water partition coefficient (Wildman–Crippen LogP) is 3.42. The number of benzene rings is 1. The van der Waals surface area contributed by atoms with Gasteiger partial charge in [-0.15, -0.1) is 0 Å². The standard InChI is InChI=1S/C13H18ClN/c1-10-8-11(14)4-5-12(10)13(9-15)6-2-3-7-13/h4-5,8H,2-3,6-7,9,15H2,1H3. The van der Waals surface area contributed by atoms with Crippen LogP contribution < -0.4 is 5.73 Å². The van der Waals surface area contributed by atoms with Crippen molar-refractivity contribution in [2.45, 2.75) is 38.0 Å². The molecule has 0 unspecified atom stereocenters. The number of halogens is 1. The summed E-state index contributed by atoms with van der Waals surface area (Å²) in [5.41, 5.74) is 8.90. The van der Waals surface area contributed by atoms with E-state index in [9.17, 15) is 0 Å². The van der Waals surface area contributed by atoms with Crippen molar-refractivity contribution >= 4 is 11.6 Å². The van der Waals surface area contributed by atoms with Crippen LogP contribution in [0.5, 0.6) is 0 Å². The molecule has 0 saturated heterocycles. The lowest BCUT2D eigenvalue weighted by molar-refractivity contribution is 0.450. The van der Waals surface area contributed by atoms with Gasteiger partial charge in [-0.05, 0) is 43.0 Å². The third-order valence-corrected chi connectivity index (χ3v) is 3.95. The van der Waals surface area contributed by atoms with Gasteiger partial charge in [-0.3, -0.25) is 0 Å². The summed E-state index contributed by atoms with van der Waals surface area (Å²) in [5, 5.41) is 0.821. The first-order valence-electron chi connectivity index (χ1n) is 5.65. The van der Waals surface area contributed by atoms with E-state index in [1.165, 1.54) is 36.8 Å². The van der Waals surface area contributed by atoms with Crippen LogP contribution in [-0.4, -0.2) is 6.54 Å². The minimum Gasteiger partial charge on any atom is -0.330 e. The van der Waals surface area contributed by atoms with E-state index in [1.54, 1.807) is 0 Å². The Morgan fingerprint density at radius 2 is 2.00 bits per heavy atom. The van der Waals surface area contributed by atoms with Crippen LogP contribution in [0.2, 0.25) is 5.02 Å². The molecule has 2 heteroatoms. The SMILES string of the molecule is Cc1cc(Cl)ccc1C1(CN)CCCC1. The molecule has 1 aromatic rings. The maximum Gasteiger partial charge on any atom is 0.0408 e. The molecule has 0 heterocycles. The first-order valence-corrected chi connectivity index (χ1v) is 6.02. The van der Waals surface area contributed by atoms with Crippen LogP contribution in [0, 0.1) is 6.92 Å². The Kier molecular flexibility index (Phi) is 3.03. The fraction of sp³-hybridized carbons (Fsp3) is 0.538. The molecule has 1 nitrogen and oxygen atoms in total. The van der Waals surface area contributed by atoms with Gasteiger partial charge in [0, 0.05) is 17.0 Å². The van der Waals surface area contributed by atoms with E-state index in [2.05, 4.69) is 13.0 Å². The second-order valence-electron chi connectivity index (χ2n) is 4.65. The maximum absolute atomic E-state index is 5.98. The van der Waals surface area contributed by atoms with Crippen LogP contribution in [0.25, 0.3) is 0 Å². The van der Waals surface area contributed by atoms with Gasteiger partial charge in [0.25, 0.3) is 0 Å². The molecule has 0 aromatic heterocycles. The lowest BCUT2D eigenvalue weighted by atomic mass is 9.77. The van der Waals surface area contributed by atoms with E-state index >= 15 is 0 Å². The third-order valence-electron chi connectivity index (χ3n) is 3.71. The van der Waals surface area contributed by atoms with Crippen molar-refractivity contribution in [3.05, 3.63) is 34.3 Å². The summed E-state index contributed by atoms with van der Waals surface area (Å²) in [4.78, 5) is 0. The number of hydrogen-bond donors (Lipinski definition) is 1. The molecule has 15 heavy (non-hydrogen) atoms. The lowest BCUT2D eigenvalue weighted by Crippen LogP contribution is -2.32. The zero-order valence-corrected chi connectivity index (χ0v) is 9.98. The van der Waals surface area contributed by atoms with Crippen LogP contribution in [-0.2, 0) is 5.41 Å². The van der Waals surface area contributed by atoms with Gasteiger partial charge < -0.3 is 5.73 Å². The number of aryl methyl sites for hydroxylation is 1. The quantitative estimate of drug-likeness (QED) is 0.817. The highest BCUT2D eigenvalue weighted by Gasteiger charge is 2.35. The number of nitrogens with two attached hydrogens (primary N) is 1. The van der Waals surface area contributed by atoms with Crippen molar-refractivity contribution in [1.82, 2.24) is 0 Å². The summed E-state index contributed by atoms with van der Waals surface area (Å²) in [6, 6.07) is 6.20. The lowest BCUT2D eigenvalue weighted by Gasteiger charge is -2.29. The first kappa shape index (κ1) is 11.0. The molecule has 0 atom stereocenters. The van der Waals surface area contributed by atoms with Crippen molar-refractivity contribution in [3.63, 3.8) is 0 Å². The monoisotopic (exact) mass is 223 g/mol. The molecule has 2 N–H and O–H groups in total. The van der Waals surface area contributed by atoms with Crippen LogP contribution in [0.3, 0.4) is 0 Å². The highest BCUT2D eigenvalue weighted by molar-refractivity contribution is 6.30. The molecular formula is C13H18ClN. The van der Waals surface area contributed by atoms with Gasteiger partial charge in [0.2, 0.25) is 0 Å². The van der Waals surface area contributed by atoms with Crippen molar-refractivity contribution in [1.29, 1.82) is 0 Å². The molecule has 82 valence electrons. The Bertz CT molecular complexity index is 354.